The van der Waals surface area contributed by atoms with Gasteiger partial charge < -0.3 is 11.1 Å². The van der Waals surface area contributed by atoms with Crippen molar-refractivity contribution in [2.75, 3.05) is 11.1 Å². The minimum absolute atomic E-state index is 0.708. The predicted molar refractivity (Wildman–Crippen MR) is 83.2 cm³/mol. The van der Waals surface area contributed by atoms with Gasteiger partial charge in [-0.1, -0.05) is 12.1 Å². The van der Waals surface area contributed by atoms with E-state index in [9.17, 15) is 0 Å². The number of hydrogen-bond donors (Lipinski definition) is 2. The molecular weight excluding hydrogens is 254 g/mol. The van der Waals surface area contributed by atoms with Crippen LogP contribution in [-0.4, -0.2) is 4.98 Å². The molecule has 96 valence electrons. The van der Waals surface area contributed by atoms with Gasteiger partial charge in [-0.3, -0.25) is 0 Å². The van der Waals surface area contributed by atoms with Crippen LogP contribution in [0.4, 0.5) is 17.1 Å². The molecule has 0 amide bonds. The highest BCUT2D eigenvalue weighted by molar-refractivity contribution is 7.16. The number of aryl methyl sites for hydroxylation is 2. The van der Waals surface area contributed by atoms with E-state index in [1.54, 1.807) is 11.3 Å². The van der Waals surface area contributed by atoms with Gasteiger partial charge in [-0.15, -0.1) is 11.3 Å². The number of thiazole rings is 1. The maximum absolute atomic E-state index is 6.18. The van der Waals surface area contributed by atoms with Gasteiger partial charge in [0.05, 0.1) is 21.6 Å². The number of anilines is 3. The van der Waals surface area contributed by atoms with Crippen LogP contribution in [0.2, 0.25) is 0 Å². The van der Waals surface area contributed by atoms with E-state index in [0.29, 0.717) is 5.69 Å². The molecule has 3 rings (SSSR count). The van der Waals surface area contributed by atoms with Crippen molar-refractivity contribution >= 4 is 38.6 Å². The minimum atomic E-state index is 0.708. The van der Waals surface area contributed by atoms with Gasteiger partial charge in [0.15, 0.2) is 0 Å². The van der Waals surface area contributed by atoms with Crippen molar-refractivity contribution in [3.63, 3.8) is 0 Å². The van der Waals surface area contributed by atoms with Gasteiger partial charge in [0.2, 0.25) is 0 Å². The van der Waals surface area contributed by atoms with Crippen molar-refractivity contribution in [2.24, 2.45) is 0 Å². The fourth-order valence-electron chi connectivity index (χ4n) is 2.08. The van der Waals surface area contributed by atoms with Crippen molar-refractivity contribution in [2.45, 2.75) is 13.8 Å². The van der Waals surface area contributed by atoms with Crippen molar-refractivity contribution < 1.29 is 0 Å². The van der Waals surface area contributed by atoms with E-state index in [4.69, 9.17) is 5.73 Å². The van der Waals surface area contributed by atoms with Crippen LogP contribution in [0.25, 0.3) is 10.2 Å². The van der Waals surface area contributed by atoms with Crippen LogP contribution in [0.15, 0.2) is 35.8 Å². The first-order valence-corrected chi connectivity index (χ1v) is 6.99. The topological polar surface area (TPSA) is 50.9 Å². The molecule has 0 aliphatic heterocycles. The summed E-state index contributed by atoms with van der Waals surface area (Å²) in [6, 6.07) is 10.4. The Kier molecular flexibility index (Phi) is 2.87. The molecule has 3 aromatic rings. The number of nitrogens with zero attached hydrogens (tertiary/aromatic N) is 1. The largest absolute Gasteiger partial charge is 0.395 e. The van der Waals surface area contributed by atoms with Crippen LogP contribution < -0.4 is 11.1 Å². The van der Waals surface area contributed by atoms with Crippen molar-refractivity contribution in [3.05, 3.63) is 47.0 Å². The third-order valence-corrected chi connectivity index (χ3v) is 4.00. The van der Waals surface area contributed by atoms with E-state index in [2.05, 4.69) is 48.4 Å². The van der Waals surface area contributed by atoms with Gasteiger partial charge in [0, 0.05) is 5.69 Å². The highest BCUT2D eigenvalue weighted by Crippen LogP contribution is 2.32. The van der Waals surface area contributed by atoms with Crippen LogP contribution in [0.5, 0.6) is 0 Å². The number of fused-ring (bicyclic) bond motifs is 1. The Labute approximate surface area is 116 Å². The van der Waals surface area contributed by atoms with Gasteiger partial charge in [-0.05, 0) is 43.2 Å². The summed E-state index contributed by atoms with van der Waals surface area (Å²) in [4.78, 5) is 4.31. The molecule has 0 atom stereocenters. The zero-order valence-corrected chi connectivity index (χ0v) is 11.7. The maximum Gasteiger partial charge on any atom is 0.106 e. The average molecular weight is 269 g/mol. The van der Waals surface area contributed by atoms with E-state index in [-0.39, 0.29) is 0 Å². The average Bonchev–Trinajstić information content (AvgIpc) is 2.86. The Morgan fingerprint density at radius 2 is 1.95 bits per heavy atom. The number of nitrogen functional groups attached to an aromatic ring is 1. The molecule has 0 aliphatic rings. The first-order chi connectivity index (χ1) is 9.15. The van der Waals surface area contributed by atoms with Gasteiger partial charge in [0.25, 0.3) is 0 Å². The standard InChI is InChI=1S/C15H15N3S/c1-9-3-4-10(2)12(7-9)18-11-5-6-13-15(14(11)16)17-8-19-13/h3-8,18H,16H2,1-2H3. The molecule has 0 aliphatic carbocycles. The number of nitrogens with one attached hydrogen (secondary N) is 1. The van der Waals surface area contributed by atoms with E-state index >= 15 is 0 Å². The minimum Gasteiger partial charge on any atom is -0.395 e. The second kappa shape index (κ2) is 4.55. The molecule has 3 nitrogen and oxygen atoms in total. The van der Waals surface area contributed by atoms with Gasteiger partial charge in [-0.2, -0.15) is 0 Å². The predicted octanol–water partition coefficient (Wildman–Crippen LogP) is 4.24. The zero-order chi connectivity index (χ0) is 13.4. The molecule has 2 aromatic carbocycles. The third kappa shape index (κ3) is 2.15. The zero-order valence-electron chi connectivity index (χ0n) is 10.9. The summed E-state index contributed by atoms with van der Waals surface area (Å²) in [6.07, 6.45) is 0. The summed E-state index contributed by atoms with van der Waals surface area (Å²) in [5, 5.41) is 3.40. The Morgan fingerprint density at radius 1 is 1.11 bits per heavy atom. The van der Waals surface area contributed by atoms with E-state index in [1.165, 1.54) is 11.1 Å². The number of hydrogen-bond acceptors (Lipinski definition) is 4. The van der Waals surface area contributed by atoms with Gasteiger partial charge in [0.1, 0.15) is 5.52 Å². The van der Waals surface area contributed by atoms with E-state index < -0.39 is 0 Å². The van der Waals surface area contributed by atoms with Crippen LogP contribution in [0, 0.1) is 13.8 Å². The van der Waals surface area contributed by atoms with Crippen molar-refractivity contribution in [1.82, 2.24) is 4.98 Å². The van der Waals surface area contributed by atoms with Gasteiger partial charge >= 0.3 is 0 Å². The van der Waals surface area contributed by atoms with Crippen LogP contribution in [0.3, 0.4) is 0 Å². The Morgan fingerprint density at radius 3 is 2.79 bits per heavy atom. The van der Waals surface area contributed by atoms with Crippen LogP contribution in [-0.2, 0) is 0 Å². The van der Waals surface area contributed by atoms with Crippen LogP contribution in [0.1, 0.15) is 11.1 Å². The maximum atomic E-state index is 6.18. The molecule has 1 heterocycles. The molecule has 4 heteroatoms. The highest BCUT2D eigenvalue weighted by Gasteiger charge is 2.08. The summed E-state index contributed by atoms with van der Waals surface area (Å²) in [7, 11) is 0. The lowest BCUT2D eigenvalue weighted by Gasteiger charge is -2.12. The summed E-state index contributed by atoms with van der Waals surface area (Å²) in [5.74, 6) is 0. The summed E-state index contributed by atoms with van der Waals surface area (Å²) in [5.41, 5.74) is 14.0. The van der Waals surface area contributed by atoms with Crippen molar-refractivity contribution in [3.8, 4) is 0 Å². The monoisotopic (exact) mass is 269 g/mol. The quantitative estimate of drug-likeness (QED) is 0.684. The molecule has 0 bridgehead atoms. The molecule has 0 saturated heterocycles. The Hall–Kier alpha value is -2.07. The normalized spacial score (nSPS) is 10.8. The van der Waals surface area contributed by atoms with Crippen molar-refractivity contribution in [1.29, 1.82) is 0 Å². The lowest BCUT2D eigenvalue weighted by molar-refractivity contribution is 1.38. The lowest BCUT2D eigenvalue weighted by atomic mass is 10.1. The van der Waals surface area contributed by atoms with E-state index in [0.717, 1.165) is 21.6 Å². The molecule has 3 N–H and O–H groups in total. The second-order valence-corrected chi connectivity index (χ2v) is 5.56. The molecular formula is C15H15N3S. The summed E-state index contributed by atoms with van der Waals surface area (Å²) in [6.45, 7) is 4.16. The molecule has 0 fully saturated rings. The first-order valence-electron chi connectivity index (χ1n) is 6.11. The molecule has 0 saturated carbocycles. The molecule has 0 radical (unpaired) electrons. The highest BCUT2D eigenvalue weighted by atomic mass is 32.1. The number of aromatic nitrogens is 1. The number of benzene rings is 2. The Balaban J connectivity index is 2.05. The van der Waals surface area contributed by atoms with Crippen LogP contribution >= 0.6 is 11.3 Å². The molecule has 0 spiro atoms. The molecule has 0 unspecified atom stereocenters. The summed E-state index contributed by atoms with van der Waals surface area (Å²) >= 11 is 1.60. The number of rotatable bonds is 2. The Bertz CT molecular complexity index is 746. The lowest BCUT2D eigenvalue weighted by Crippen LogP contribution is -1.98. The second-order valence-electron chi connectivity index (χ2n) is 4.67. The summed E-state index contributed by atoms with van der Waals surface area (Å²) < 4.78 is 1.11. The smallest absolute Gasteiger partial charge is 0.106 e. The molecule has 19 heavy (non-hydrogen) atoms. The first kappa shape index (κ1) is 12.0. The fraction of sp³-hybridized carbons (Fsp3) is 0.133. The SMILES string of the molecule is Cc1ccc(C)c(Nc2ccc3scnc3c2N)c1. The van der Waals surface area contributed by atoms with E-state index in [1.807, 2.05) is 11.6 Å². The fourth-order valence-corrected chi connectivity index (χ4v) is 2.77. The molecule has 1 aromatic heterocycles. The van der Waals surface area contributed by atoms with Gasteiger partial charge in [-0.25, -0.2) is 4.98 Å². The number of nitrogens with two attached hydrogens (primary N) is 1. The third-order valence-electron chi connectivity index (χ3n) is 3.20.